The van der Waals surface area contributed by atoms with Crippen LogP contribution in [-0.4, -0.2) is 248 Å². The molecule has 9 aliphatic rings. The average molecular weight is 1860 g/mol. The van der Waals surface area contributed by atoms with Crippen molar-refractivity contribution in [2.24, 2.45) is 0 Å². The van der Waals surface area contributed by atoms with Crippen molar-refractivity contribution in [3.63, 3.8) is 0 Å². The zero-order chi connectivity index (χ0) is 94.0. The van der Waals surface area contributed by atoms with Gasteiger partial charge in [0, 0.05) is 54.2 Å². The normalized spacial score (nSPS) is 28.5. The van der Waals surface area contributed by atoms with Crippen molar-refractivity contribution in [2.45, 2.75) is 200 Å². The van der Waals surface area contributed by atoms with E-state index < -0.39 is 320 Å². The second-order valence-electron chi connectivity index (χ2n) is 32.1. The predicted octanol–water partition coefficient (Wildman–Crippen LogP) is 2.15. The first-order chi connectivity index (χ1) is 62.5. The second kappa shape index (κ2) is 40.0. The maximum atomic E-state index is 17.0. The highest BCUT2D eigenvalue weighted by Gasteiger charge is 2.52. The van der Waals surface area contributed by atoms with E-state index in [1.165, 1.54) is 25.1 Å². The molecule has 7 aromatic carbocycles. The molecule has 3 fully saturated rings. The topological polar surface area (TPSA) is 633 Å². The summed E-state index contributed by atoms with van der Waals surface area (Å²) in [4.78, 5) is 152. The molecule has 0 aliphatic carbocycles. The number of unbranched alkanes of at least 4 members (excludes halogenated alkanes) is 3. The molecule has 7 aromatic rings. The zero-order valence-electron chi connectivity index (χ0n) is 69.5. The van der Waals surface area contributed by atoms with E-state index in [1.807, 2.05) is 13.0 Å². The van der Waals surface area contributed by atoms with E-state index in [2.05, 4.69) is 42.5 Å². The summed E-state index contributed by atoms with van der Waals surface area (Å²) in [6.07, 6.45) is -21.2. The number of ether oxygens (including phenoxy) is 9. The summed E-state index contributed by atoms with van der Waals surface area (Å²) in [5, 5.41) is 179. The molecule has 0 spiro atoms. The molecule has 16 rings (SSSR count). The Kier molecular flexibility index (Phi) is 28.9. The van der Waals surface area contributed by atoms with Crippen LogP contribution < -0.4 is 66.2 Å². The fourth-order valence-electron chi connectivity index (χ4n) is 16.1. The number of phenolic OH excluding ortho intramolecular Hbond substituents is 4. The molecule has 43 heteroatoms. The number of allylic oxidation sites excluding steroid dienone is 2. The Morgan fingerprint density at radius 1 is 0.527 bits per heavy atom. The molecule has 8 amide bonds. The number of hydrogen-bond donors (Lipinski definition) is 22. The highest BCUT2D eigenvalue weighted by molar-refractivity contribution is 6.43. The van der Waals surface area contributed by atoms with Crippen LogP contribution in [0.15, 0.2) is 127 Å². The molecule has 41 nitrogen and oxygen atoms in total. The van der Waals surface area contributed by atoms with Crippen LogP contribution >= 0.6 is 23.2 Å². The molecule has 0 radical (unpaired) electrons. The van der Waals surface area contributed by atoms with Crippen LogP contribution in [0.25, 0.3) is 11.1 Å². The van der Waals surface area contributed by atoms with Gasteiger partial charge >= 0.3 is 5.97 Å². The fourth-order valence-corrected chi connectivity index (χ4v) is 16.5. The van der Waals surface area contributed by atoms with Crippen LogP contribution in [0.1, 0.15) is 133 Å². The molecule has 0 aromatic heterocycles. The van der Waals surface area contributed by atoms with Crippen molar-refractivity contribution in [1.82, 2.24) is 42.5 Å². The minimum Gasteiger partial charge on any atom is -0.508 e. The van der Waals surface area contributed by atoms with Crippen molar-refractivity contribution in [3.05, 3.63) is 176 Å². The van der Waals surface area contributed by atoms with Gasteiger partial charge in [-0.3, -0.25) is 43.2 Å². The number of carbonyl (C=O) groups is 10. The number of benzene rings is 7. The number of aliphatic hydroxyl groups excluding tert-OH is 9. The highest BCUT2D eigenvalue weighted by Crippen LogP contribution is 2.51. The maximum Gasteiger partial charge on any atom is 0.330 e. The lowest BCUT2D eigenvalue weighted by Gasteiger charge is -2.44. The molecule has 22 atom stereocenters. The molecule has 1 unspecified atom stereocenters. The van der Waals surface area contributed by atoms with Crippen LogP contribution in [0.2, 0.25) is 10.0 Å². The molecule has 3 saturated heterocycles. The lowest BCUT2D eigenvalue weighted by atomic mass is 9.89. The van der Waals surface area contributed by atoms with E-state index in [1.54, 1.807) is 6.08 Å². The zero-order valence-corrected chi connectivity index (χ0v) is 71.0. The summed E-state index contributed by atoms with van der Waals surface area (Å²) in [5.41, 5.74) is -4.27. The van der Waals surface area contributed by atoms with Crippen LogP contribution in [-0.2, 0) is 68.5 Å². The van der Waals surface area contributed by atoms with E-state index in [0.29, 0.717) is 0 Å². The SMILES string of the molecule is CCCCC/C=C\CCC(=O)N[C@H]1[C@H](Oc2c3cc4cc2Oc2ccc(cc2Cl)[C@@H](O[C@@H]2O[C@H](CO)[C@@H](O)[C@H](O)[C@H]2NC(C)=O)[C@@H]2NC(=O)[C@H](NC(=O)[C@@H]4NC(=O)[C@H]4NC(=O)[C@@H](Cc5ccc(c(Cl)c5)O3)NC(=O)C(=O)c3ccc(O)c(c3)Oc3cc(O)cc4c3)c3ccc(O)c(c3)-c3c(O[C@H]4O[C@H](CO)[C@@H](O)[C@H](O)[C@@H]4O)cc(O)cc3C(C(=O)O)NC2=O)O[C@H](C)[C@@H](O)[C@@H]1O. The Morgan fingerprint density at radius 3 is 1.79 bits per heavy atom. The first-order valence-electron chi connectivity index (χ1n) is 41.4. The number of aromatic hydroxyl groups is 4. The maximum absolute atomic E-state index is 17.0. The summed E-state index contributed by atoms with van der Waals surface area (Å²) < 4.78 is 57.4. The van der Waals surface area contributed by atoms with E-state index in [9.17, 15) is 95.5 Å². The van der Waals surface area contributed by atoms with Gasteiger partial charge in [0.1, 0.15) is 144 Å². The predicted molar refractivity (Wildman–Crippen MR) is 449 cm³/mol. The Morgan fingerprint density at radius 2 is 1.13 bits per heavy atom. The Bertz CT molecular complexity index is 5630. The number of rotatable bonds is 18. The monoisotopic (exact) mass is 1860 g/mol. The average Bonchev–Trinajstić information content (AvgIpc) is 0.754. The lowest BCUT2D eigenvalue weighted by molar-refractivity contribution is -0.284. The molecule has 0 saturated carbocycles. The molecule has 17 bridgehead atoms. The number of nitrogens with one attached hydrogen (secondary N) is 8. The number of aliphatic hydroxyl groups is 9. The van der Waals surface area contributed by atoms with Gasteiger partial charge in [0.05, 0.1) is 29.4 Å². The van der Waals surface area contributed by atoms with Gasteiger partial charge in [0.2, 0.25) is 65.5 Å². The molecule has 22 N–H and O–H groups in total. The van der Waals surface area contributed by atoms with Crippen molar-refractivity contribution in [3.8, 4) is 80.1 Å². The van der Waals surface area contributed by atoms with Gasteiger partial charge in [0.25, 0.3) is 5.91 Å². The van der Waals surface area contributed by atoms with Crippen molar-refractivity contribution < 1.29 is 162 Å². The number of fused-ring (bicyclic) bond motifs is 14. The quantitative estimate of drug-likeness (QED) is 0.0332. The van der Waals surface area contributed by atoms with Gasteiger partial charge in [-0.2, -0.15) is 0 Å². The minimum atomic E-state index is -2.59. The summed E-state index contributed by atoms with van der Waals surface area (Å²) >= 11 is 14.7. The standard InChI is InChI=1S/C88H92Cl2N8O33/c1-4-5-6-7-8-9-10-11-60(106)93-67-73(111)69(107)34(2)123-86(67)131-78-56-27-41-28-57(78)126-53-19-15-39(25-48(53)90)77(130-87-66(91-35(3)101)74(112)71(109)58(32-99)128-87)68-83(119)97-65(85(121)122)46-30-43(103)31-55(127-88-76(114)75(113)72(110)59(33-100)129-88)61(46)45-24-37(13-16-50(45)104)62(80(116)98-68)95-82(118)64(41)96-81(117)63-40-22-42(102)29-44(23-40)124-54-26-38(14-17-51(54)105)70(108)84(120)92-49(79(115)94-63)21-36-12-18-52(125-56)47(89)20-36/h8-9,12-20,22-31,34,49,58-59,62-69,71-77,86-88,99-100,102-105,107,109-114H,4-7,10-11,21,32-33H2,1-3H3,(H,91,101)(H,92,120)(H,93,106)(H,94,115)(H,95,118)(H,96,117)(H,97,119)(H,98,116)(H,121,122)/b9-8-/t34-,49-,58-,59-,62-,63+,64-,65?,66-,67-,68+,69-,71-,72-,73-,74-,75+,76+,77-,86+,87+,88+/m1/s1. The number of carbonyl (C=O) groups excluding carboxylic acids is 9. The minimum absolute atomic E-state index is 0.111. The van der Waals surface area contributed by atoms with Crippen molar-refractivity contribution in [1.29, 1.82) is 0 Å². The molecule has 696 valence electrons. The van der Waals surface area contributed by atoms with Gasteiger partial charge in [-0.1, -0.05) is 73.3 Å². The Balaban J connectivity index is 1.04. The number of phenols is 4. The van der Waals surface area contributed by atoms with E-state index in [-0.39, 0.29) is 34.7 Å². The molecular formula is C88H92Cl2N8O33. The number of Topliss-reactive ketones (excluding diaryl/α,β-unsaturated/α-hetero) is 1. The summed E-state index contributed by atoms with van der Waals surface area (Å²) in [5.74, 6) is -21.6. The van der Waals surface area contributed by atoms with Gasteiger partial charge in [-0.05, 0) is 139 Å². The second-order valence-corrected chi connectivity index (χ2v) is 32.9. The first-order valence-corrected chi connectivity index (χ1v) is 42.2. The molecular weight excluding hydrogens is 1770 g/mol. The van der Waals surface area contributed by atoms with E-state index in [4.69, 9.17) is 65.8 Å². The number of carboxylic acids is 1. The lowest BCUT2D eigenvalue weighted by Crippen LogP contribution is -2.65. The van der Waals surface area contributed by atoms with Crippen molar-refractivity contribution in [2.75, 3.05) is 13.2 Å². The van der Waals surface area contributed by atoms with Gasteiger partial charge < -0.3 is 157 Å². The van der Waals surface area contributed by atoms with E-state index >= 15 is 24.0 Å². The number of carboxylic acid groups (broad SMARTS) is 1. The third-order valence-corrected chi connectivity index (χ3v) is 23.5. The summed E-state index contributed by atoms with van der Waals surface area (Å²) in [6.45, 7) is 2.24. The van der Waals surface area contributed by atoms with Crippen molar-refractivity contribution >= 4 is 82.2 Å². The number of ketones is 1. The third-order valence-electron chi connectivity index (χ3n) is 22.9. The van der Waals surface area contributed by atoms with Crippen LogP contribution in [0.4, 0.5) is 0 Å². The van der Waals surface area contributed by atoms with Crippen LogP contribution in [0.3, 0.4) is 0 Å². The number of halogens is 2. The third kappa shape index (κ3) is 20.5. The smallest absolute Gasteiger partial charge is 0.330 e. The van der Waals surface area contributed by atoms with Gasteiger partial charge in [0.15, 0.2) is 35.3 Å². The molecule has 9 aliphatic heterocycles. The number of hydrogen-bond acceptors (Lipinski definition) is 32. The van der Waals surface area contributed by atoms with Gasteiger partial charge in [-0.15, -0.1) is 0 Å². The van der Waals surface area contributed by atoms with Crippen LogP contribution in [0, 0.1) is 0 Å². The Hall–Kier alpha value is -12.6. The van der Waals surface area contributed by atoms with Crippen LogP contribution in [0.5, 0.6) is 69.0 Å². The first kappa shape index (κ1) is 94.6. The Labute approximate surface area is 753 Å². The summed E-state index contributed by atoms with van der Waals surface area (Å²) in [6, 6.07) is 1.52. The number of aliphatic carboxylic acids is 1. The molecule has 131 heavy (non-hydrogen) atoms. The van der Waals surface area contributed by atoms with E-state index in [0.717, 1.165) is 130 Å². The largest absolute Gasteiger partial charge is 0.508 e. The fraction of sp³-hybridized carbons (Fsp3) is 0.386. The van der Waals surface area contributed by atoms with Gasteiger partial charge in [-0.25, -0.2) is 4.79 Å². The highest BCUT2D eigenvalue weighted by atomic mass is 35.5. The molecule has 9 heterocycles. The summed E-state index contributed by atoms with van der Waals surface area (Å²) in [7, 11) is 0. The number of amides is 8.